The number of Topliss-reactive ketones (excluding diaryl/α,β-unsaturated/α-hetero) is 1. The van der Waals surface area contributed by atoms with E-state index < -0.39 is 22.1 Å². The standard InChI is InChI=1S/C21H25NO6S/c1-13-10-15(3)19(11-14(13)2)20(23)16(4)28-21(24)17-8-7-9-18(12-17)29(25,26)22(5)27-6/h7-12,16H,1-6H3/t16-/m1/s1. The van der Waals surface area contributed by atoms with E-state index in [4.69, 9.17) is 9.57 Å². The summed E-state index contributed by atoms with van der Waals surface area (Å²) in [5.74, 6) is -1.11. The number of hydroxylamine groups is 1. The van der Waals surface area contributed by atoms with Crippen LogP contribution in [-0.4, -0.2) is 44.9 Å². The van der Waals surface area contributed by atoms with Gasteiger partial charge in [0, 0.05) is 12.6 Å². The summed E-state index contributed by atoms with van der Waals surface area (Å²) in [5, 5.41) is 0. The molecule has 1 atom stereocenters. The molecular weight excluding hydrogens is 394 g/mol. The fourth-order valence-corrected chi connectivity index (χ4v) is 3.78. The lowest BCUT2D eigenvalue weighted by Crippen LogP contribution is -2.27. The van der Waals surface area contributed by atoms with Crippen LogP contribution in [0.25, 0.3) is 0 Å². The van der Waals surface area contributed by atoms with Crippen LogP contribution < -0.4 is 0 Å². The Bertz CT molecular complexity index is 1050. The smallest absolute Gasteiger partial charge is 0.338 e. The number of hydrogen-bond acceptors (Lipinski definition) is 6. The first-order valence-corrected chi connectivity index (χ1v) is 10.4. The Labute approximate surface area is 171 Å². The van der Waals surface area contributed by atoms with Gasteiger partial charge in [0.2, 0.25) is 5.78 Å². The van der Waals surface area contributed by atoms with E-state index in [0.29, 0.717) is 10.0 Å². The highest BCUT2D eigenvalue weighted by atomic mass is 32.2. The van der Waals surface area contributed by atoms with E-state index in [1.54, 1.807) is 6.07 Å². The number of ketones is 1. The summed E-state index contributed by atoms with van der Waals surface area (Å²) in [6, 6.07) is 9.07. The summed E-state index contributed by atoms with van der Waals surface area (Å²) in [5.41, 5.74) is 3.36. The van der Waals surface area contributed by atoms with Gasteiger partial charge in [-0.25, -0.2) is 13.2 Å². The second-order valence-corrected chi connectivity index (χ2v) is 8.72. The normalized spacial score (nSPS) is 12.7. The second kappa shape index (κ2) is 8.86. The Balaban J connectivity index is 2.23. The number of rotatable bonds is 7. The van der Waals surface area contributed by atoms with E-state index in [2.05, 4.69) is 0 Å². The number of ether oxygens (including phenoxy) is 1. The van der Waals surface area contributed by atoms with Gasteiger partial charge in [-0.1, -0.05) is 16.6 Å². The SMILES string of the molecule is CON(C)S(=O)(=O)c1cccc(C(=O)O[C@H](C)C(=O)c2cc(C)c(C)cc2C)c1. The largest absolute Gasteiger partial charge is 0.451 e. The Morgan fingerprint density at radius 1 is 1.00 bits per heavy atom. The van der Waals surface area contributed by atoms with Gasteiger partial charge in [-0.05, 0) is 68.7 Å². The van der Waals surface area contributed by atoms with Gasteiger partial charge >= 0.3 is 5.97 Å². The van der Waals surface area contributed by atoms with Gasteiger partial charge in [0.15, 0.2) is 6.10 Å². The molecule has 29 heavy (non-hydrogen) atoms. The predicted molar refractivity (Wildman–Crippen MR) is 108 cm³/mol. The van der Waals surface area contributed by atoms with Crippen LogP contribution in [0.3, 0.4) is 0 Å². The van der Waals surface area contributed by atoms with Crippen molar-refractivity contribution in [2.75, 3.05) is 14.2 Å². The van der Waals surface area contributed by atoms with E-state index in [9.17, 15) is 18.0 Å². The van der Waals surface area contributed by atoms with Crippen LogP contribution in [0.2, 0.25) is 0 Å². The van der Waals surface area contributed by atoms with Crippen molar-refractivity contribution >= 4 is 21.8 Å². The molecule has 0 heterocycles. The van der Waals surface area contributed by atoms with Crippen LogP contribution in [0.1, 0.15) is 44.3 Å². The Kier molecular flexibility index (Phi) is 6.94. The van der Waals surface area contributed by atoms with Crippen molar-refractivity contribution in [3.8, 4) is 0 Å². The molecular formula is C21H25NO6S. The summed E-state index contributed by atoms with van der Waals surface area (Å²) >= 11 is 0. The molecule has 0 saturated heterocycles. The van der Waals surface area contributed by atoms with Crippen molar-refractivity contribution in [2.24, 2.45) is 0 Å². The molecule has 7 nitrogen and oxygen atoms in total. The van der Waals surface area contributed by atoms with Crippen LogP contribution in [-0.2, 0) is 19.6 Å². The summed E-state index contributed by atoms with van der Waals surface area (Å²) in [6.45, 7) is 7.19. The molecule has 0 amide bonds. The number of benzene rings is 2. The Hall–Kier alpha value is -2.55. The molecule has 0 spiro atoms. The Morgan fingerprint density at radius 3 is 2.24 bits per heavy atom. The van der Waals surface area contributed by atoms with E-state index in [1.165, 1.54) is 45.3 Å². The zero-order valence-corrected chi connectivity index (χ0v) is 18.2. The lowest BCUT2D eigenvalue weighted by atomic mass is 9.96. The third kappa shape index (κ3) is 4.90. The molecule has 0 bridgehead atoms. The third-order valence-corrected chi connectivity index (χ3v) is 6.40. The molecule has 0 aliphatic rings. The van der Waals surface area contributed by atoms with Crippen molar-refractivity contribution in [3.05, 3.63) is 64.2 Å². The number of carbonyl (C=O) groups excluding carboxylic acids is 2. The molecule has 2 rings (SSSR count). The highest BCUT2D eigenvalue weighted by Gasteiger charge is 2.25. The summed E-state index contributed by atoms with van der Waals surface area (Å²) < 4.78 is 30.7. The minimum atomic E-state index is -3.91. The van der Waals surface area contributed by atoms with Crippen LogP contribution in [0.15, 0.2) is 41.3 Å². The van der Waals surface area contributed by atoms with Crippen molar-refractivity contribution in [2.45, 2.75) is 38.7 Å². The zero-order valence-electron chi connectivity index (χ0n) is 17.3. The monoisotopic (exact) mass is 419 g/mol. The molecule has 2 aromatic rings. The van der Waals surface area contributed by atoms with Crippen molar-refractivity contribution in [1.29, 1.82) is 0 Å². The molecule has 2 aromatic carbocycles. The van der Waals surface area contributed by atoms with Gasteiger partial charge in [-0.2, -0.15) is 0 Å². The molecule has 0 aliphatic carbocycles. The first-order chi connectivity index (χ1) is 13.5. The summed E-state index contributed by atoms with van der Waals surface area (Å²) in [6.07, 6.45) is -1.02. The number of esters is 1. The first-order valence-electron chi connectivity index (χ1n) is 8.95. The van der Waals surface area contributed by atoms with Gasteiger partial charge in [-0.15, -0.1) is 0 Å². The van der Waals surface area contributed by atoms with Crippen molar-refractivity contribution in [3.63, 3.8) is 0 Å². The number of carbonyl (C=O) groups is 2. The molecule has 0 unspecified atom stereocenters. The second-order valence-electron chi connectivity index (χ2n) is 6.79. The lowest BCUT2D eigenvalue weighted by molar-refractivity contribution is -0.0258. The van der Waals surface area contributed by atoms with Gasteiger partial charge in [0.1, 0.15) is 0 Å². The van der Waals surface area contributed by atoms with Crippen LogP contribution in [0.4, 0.5) is 0 Å². The summed E-state index contributed by atoms with van der Waals surface area (Å²) in [4.78, 5) is 29.9. The topological polar surface area (TPSA) is 90.0 Å². The molecule has 0 aromatic heterocycles. The molecule has 8 heteroatoms. The number of sulfonamides is 1. The maximum atomic E-state index is 12.8. The minimum Gasteiger partial charge on any atom is -0.451 e. The third-order valence-electron chi connectivity index (χ3n) is 4.72. The molecule has 0 radical (unpaired) electrons. The van der Waals surface area contributed by atoms with Gasteiger partial charge in [-0.3, -0.25) is 9.63 Å². The van der Waals surface area contributed by atoms with Gasteiger partial charge in [0.05, 0.1) is 17.6 Å². The number of aryl methyl sites for hydroxylation is 3. The van der Waals surface area contributed by atoms with E-state index in [1.807, 2.05) is 26.8 Å². The van der Waals surface area contributed by atoms with E-state index in [-0.39, 0.29) is 16.2 Å². The highest BCUT2D eigenvalue weighted by Crippen LogP contribution is 2.20. The Morgan fingerprint density at radius 2 is 1.62 bits per heavy atom. The predicted octanol–water partition coefficient (Wildman–Crippen LogP) is 3.22. The minimum absolute atomic E-state index is 0.0204. The van der Waals surface area contributed by atoms with E-state index >= 15 is 0 Å². The number of hydrogen-bond donors (Lipinski definition) is 0. The molecule has 0 N–H and O–H groups in total. The van der Waals surface area contributed by atoms with Crippen molar-refractivity contribution < 1.29 is 27.6 Å². The quantitative estimate of drug-likeness (QED) is 0.389. The van der Waals surface area contributed by atoms with Crippen LogP contribution >= 0.6 is 0 Å². The summed E-state index contributed by atoms with van der Waals surface area (Å²) in [7, 11) is -1.45. The fraction of sp³-hybridized carbons (Fsp3) is 0.333. The highest BCUT2D eigenvalue weighted by molar-refractivity contribution is 7.89. The number of nitrogens with zero attached hydrogens (tertiary/aromatic N) is 1. The average molecular weight is 419 g/mol. The van der Waals surface area contributed by atoms with Gasteiger partial charge in [0.25, 0.3) is 10.0 Å². The first kappa shape index (κ1) is 22.7. The van der Waals surface area contributed by atoms with Gasteiger partial charge < -0.3 is 4.74 Å². The zero-order chi connectivity index (χ0) is 21.9. The molecule has 0 aliphatic heterocycles. The molecule has 0 saturated carbocycles. The molecule has 0 fully saturated rings. The van der Waals surface area contributed by atoms with Crippen molar-refractivity contribution in [1.82, 2.24) is 4.47 Å². The molecule has 156 valence electrons. The lowest BCUT2D eigenvalue weighted by Gasteiger charge is -2.16. The van der Waals surface area contributed by atoms with Crippen LogP contribution in [0.5, 0.6) is 0 Å². The van der Waals surface area contributed by atoms with E-state index in [0.717, 1.165) is 16.7 Å². The van der Waals surface area contributed by atoms with Crippen LogP contribution in [0, 0.1) is 20.8 Å². The fourth-order valence-electron chi connectivity index (χ4n) is 2.76. The average Bonchev–Trinajstić information content (AvgIpc) is 2.69. The maximum absolute atomic E-state index is 12.8. The maximum Gasteiger partial charge on any atom is 0.338 e.